The van der Waals surface area contributed by atoms with E-state index in [2.05, 4.69) is 32.2 Å². The predicted octanol–water partition coefficient (Wildman–Crippen LogP) is 0.969. The molecule has 2 aliphatic heterocycles. The number of piperidine rings is 1. The van der Waals surface area contributed by atoms with Gasteiger partial charge in [0.05, 0.1) is 6.61 Å². The highest BCUT2D eigenvalue weighted by Crippen LogP contribution is 2.14. The maximum absolute atomic E-state index is 12.5. The van der Waals surface area contributed by atoms with Gasteiger partial charge in [-0.05, 0) is 38.4 Å². The summed E-state index contributed by atoms with van der Waals surface area (Å²) in [6, 6.07) is 3.63. The fourth-order valence-electron chi connectivity index (χ4n) is 3.59. The molecule has 2 saturated heterocycles. The second-order valence-corrected chi connectivity index (χ2v) is 7.13. The second-order valence-electron chi connectivity index (χ2n) is 7.13. The monoisotopic (exact) mass is 390 g/mol. The van der Waals surface area contributed by atoms with Crippen LogP contribution in [0, 0.1) is 0 Å². The molecule has 3 heterocycles. The number of amides is 2. The molecule has 0 atom stereocenters. The Morgan fingerprint density at radius 2 is 1.79 bits per heavy atom. The first-order valence-electron chi connectivity index (χ1n) is 10.1. The number of hydrogen-bond donors (Lipinski definition) is 1. The van der Waals surface area contributed by atoms with Crippen LogP contribution in [0.4, 0.5) is 10.6 Å². The number of aromatic nitrogens is 2. The molecule has 2 fully saturated rings. The molecule has 1 aromatic rings. The fraction of sp³-hybridized carbons (Fsp3) is 0.684. The first-order chi connectivity index (χ1) is 13.6. The third kappa shape index (κ3) is 5.09. The van der Waals surface area contributed by atoms with Gasteiger partial charge in [0.1, 0.15) is 0 Å². The lowest BCUT2D eigenvalue weighted by Gasteiger charge is -2.34. The van der Waals surface area contributed by atoms with Gasteiger partial charge in [-0.2, -0.15) is 0 Å². The Bertz CT molecular complexity index is 652. The molecule has 1 aromatic heterocycles. The summed E-state index contributed by atoms with van der Waals surface area (Å²) in [7, 11) is 0. The molecule has 0 saturated carbocycles. The van der Waals surface area contributed by atoms with Gasteiger partial charge in [0.25, 0.3) is 5.91 Å². The van der Waals surface area contributed by atoms with E-state index in [0.29, 0.717) is 38.2 Å². The van der Waals surface area contributed by atoms with Gasteiger partial charge in [0, 0.05) is 45.3 Å². The van der Waals surface area contributed by atoms with Crippen molar-refractivity contribution in [1.82, 2.24) is 25.3 Å². The molecule has 9 heteroatoms. The van der Waals surface area contributed by atoms with Gasteiger partial charge in [-0.25, -0.2) is 4.79 Å². The van der Waals surface area contributed by atoms with Gasteiger partial charge in [-0.15, -0.1) is 10.2 Å². The molecular formula is C19H30N6O3. The lowest BCUT2D eigenvalue weighted by Crippen LogP contribution is -2.47. The molecule has 2 aliphatic rings. The van der Waals surface area contributed by atoms with Crippen LogP contribution in [-0.4, -0.2) is 90.5 Å². The van der Waals surface area contributed by atoms with Crippen LogP contribution >= 0.6 is 0 Å². The Morgan fingerprint density at radius 1 is 1.07 bits per heavy atom. The number of nitrogens with zero attached hydrogens (tertiary/aromatic N) is 5. The third-order valence-electron chi connectivity index (χ3n) is 5.38. The first kappa shape index (κ1) is 20.3. The number of carbonyl (C=O) groups is 2. The quantitative estimate of drug-likeness (QED) is 0.801. The minimum absolute atomic E-state index is 0.0294. The van der Waals surface area contributed by atoms with E-state index in [1.807, 2.05) is 6.07 Å². The summed E-state index contributed by atoms with van der Waals surface area (Å²) < 4.78 is 5.02. The summed E-state index contributed by atoms with van der Waals surface area (Å²) in [5.41, 5.74) is 0.323. The molecule has 0 aromatic carbocycles. The van der Waals surface area contributed by atoms with Gasteiger partial charge in [-0.3, -0.25) is 4.79 Å². The van der Waals surface area contributed by atoms with E-state index >= 15 is 0 Å². The van der Waals surface area contributed by atoms with E-state index in [0.717, 1.165) is 38.5 Å². The van der Waals surface area contributed by atoms with E-state index in [-0.39, 0.29) is 18.0 Å². The number of likely N-dealkylation sites (N-methyl/N-ethyl adjacent to an activating group) is 1. The third-order valence-corrected chi connectivity index (χ3v) is 5.38. The minimum Gasteiger partial charge on any atom is -0.450 e. The summed E-state index contributed by atoms with van der Waals surface area (Å²) in [6.07, 6.45) is 1.13. The predicted molar refractivity (Wildman–Crippen MR) is 105 cm³/mol. The van der Waals surface area contributed by atoms with Crippen LogP contribution in [0.5, 0.6) is 0 Å². The average molecular weight is 390 g/mol. The molecule has 1 N–H and O–H groups in total. The van der Waals surface area contributed by atoms with Crippen molar-refractivity contribution in [1.29, 1.82) is 0 Å². The number of rotatable bonds is 5. The van der Waals surface area contributed by atoms with Crippen molar-refractivity contribution in [3.63, 3.8) is 0 Å². The van der Waals surface area contributed by atoms with Crippen molar-refractivity contribution in [2.75, 3.05) is 57.3 Å². The number of ether oxygens (including phenoxy) is 1. The summed E-state index contributed by atoms with van der Waals surface area (Å²) in [5, 5.41) is 11.4. The van der Waals surface area contributed by atoms with Gasteiger partial charge >= 0.3 is 6.09 Å². The van der Waals surface area contributed by atoms with Gasteiger partial charge in [0.15, 0.2) is 11.5 Å². The molecule has 0 unspecified atom stereocenters. The van der Waals surface area contributed by atoms with Crippen LogP contribution in [0.1, 0.15) is 37.2 Å². The van der Waals surface area contributed by atoms with Crippen molar-refractivity contribution in [2.24, 2.45) is 0 Å². The Kier molecular flexibility index (Phi) is 7.02. The Labute approximate surface area is 166 Å². The molecule has 0 bridgehead atoms. The van der Waals surface area contributed by atoms with Crippen LogP contribution in [-0.2, 0) is 4.74 Å². The van der Waals surface area contributed by atoms with Gasteiger partial charge < -0.3 is 24.8 Å². The smallest absolute Gasteiger partial charge is 0.409 e. The average Bonchev–Trinajstić information content (AvgIpc) is 2.74. The highest BCUT2D eigenvalue weighted by Gasteiger charge is 2.25. The maximum atomic E-state index is 12.5. The molecule has 0 aliphatic carbocycles. The zero-order valence-corrected chi connectivity index (χ0v) is 16.8. The zero-order chi connectivity index (χ0) is 19.9. The molecule has 2 amide bonds. The molecule has 28 heavy (non-hydrogen) atoms. The normalized spacial score (nSPS) is 18.8. The number of likely N-dealkylation sites (tertiary alicyclic amines) is 1. The summed E-state index contributed by atoms with van der Waals surface area (Å²) in [4.78, 5) is 30.5. The fourth-order valence-corrected chi connectivity index (χ4v) is 3.59. The maximum Gasteiger partial charge on any atom is 0.409 e. The van der Waals surface area contributed by atoms with Crippen molar-refractivity contribution in [2.45, 2.75) is 32.7 Å². The minimum atomic E-state index is -0.284. The SMILES string of the molecule is CCOC(=O)N1CCC(NC(=O)c2ccc(N3CCN(CC)CC3)nn2)CC1. The van der Waals surface area contributed by atoms with E-state index in [1.54, 1.807) is 17.9 Å². The number of anilines is 1. The lowest BCUT2D eigenvalue weighted by molar-refractivity contribution is 0.0856. The zero-order valence-electron chi connectivity index (χ0n) is 16.8. The summed E-state index contributed by atoms with van der Waals surface area (Å²) >= 11 is 0. The van der Waals surface area contributed by atoms with Gasteiger partial charge in [0.2, 0.25) is 0 Å². The topological polar surface area (TPSA) is 90.9 Å². The summed E-state index contributed by atoms with van der Waals surface area (Å²) in [6.45, 7) is 10.5. The van der Waals surface area contributed by atoms with Crippen LogP contribution in [0.2, 0.25) is 0 Å². The lowest BCUT2D eigenvalue weighted by atomic mass is 10.1. The molecule has 154 valence electrons. The molecule has 3 rings (SSSR count). The Hall–Kier alpha value is -2.42. The Balaban J connectivity index is 1.47. The molecule has 0 spiro atoms. The van der Waals surface area contributed by atoms with E-state index < -0.39 is 0 Å². The van der Waals surface area contributed by atoms with E-state index in [1.165, 1.54) is 0 Å². The van der Waals surface area contributed by atoms with Crippen LogP contribution in [0.3, 0.4) is 0 Å². The standard InChI is InChI=1S/C19H30N6O3/c1-3-23-11-13-24(14-12-23)17-6-5-16(21-22-17)18(26)20-15-7-9-25(10-8-15)19(27)28-4-2/h5-6,15H,3-4,7-14H2,1-2H3,(H,20,26). The first-order valence-corrected chi connectivity index (χ1v) is 10.1. The van der Waals surface area contributed by atoms with Crippen molar-refractivity contribution < 1.29 is 14.3 Å². The second kappa shape index (κ2) is 9.68. The number of nitrogens with one attached hydrogen (secondary N) is 1. The molecule has 0 radical (unpaired) electrons. The largest absolute Gasteiger partial charge is 0.450 e. The van der Waals surface area contributed by atoms with E-state index in [9.17, 15) is 9.59 Å². The van der Waals surface area contributed by atoms with Crippen molar-refractivity contribution in [3.05, 3.63) is 17.8 Å². The van der Waals surface area contributed by atoms with Gasteiger partial charge in [-0.1, -0.05) is 6.92 Å². The molecule has 9 nitrogen and oxygen atoms in total. The summed E-state index contributed by atoms with van der Waals surface area (Å²) in [5.74, 6) is 0.597. The van der Waals surface area contributed by atoms with Crippen LogP contribution in [0.15, 0.2) is 12.1 Å². The van der Waals surface area contributed by atoms with Crippen molar-refractivity contribution >= 4 is 17.8 Å². The van der Waals surface area contributed by atoms with Crippen LogP contribution in [0.25, 0.3) is 0 Å². The highest BCUT2D eigenvalue weighted by molar-refractivity contribution is 5.92. The van der Waals surface area contributed by atoms with Crippen molar-refractivity contribution in [3.8, 4) is 0 Å². The number of carbonyl (C=O) groups excluding carboxylic acids is 2. The van der Waals surface area contributed by atoms with Crippen LogP contribution < -0.4 is 10.2 Å². The van der Waals surface area contributed by atoms with E-state index in [4.69, 9.17) is 4.74 Å². The molecular weight excluding hydrogens is 360 g/mol. The number of piperazine rings is 1. The highest BCUT2D eigenvalue weighted by atomic mass is 16.6. The number of hydrogen-bond acceptors (Lipinski definition) is 7. The Morgan fingerprint density at radius 3 is 2.36 bits per heavy atom.